The molecule has 0 spiro atoms. The summed E-state index contributed by atoms with van der Waals surface area (Å²) in [6, 6.07) is 18.6. The Hall–Kier alpha value is -3.39. The van der Waals surface area contributed by atoms with E-state index in [9.17, 15) is 0 Å². The zero-order chi connectivity index (χ0) is 22.6. The number of benzene rings is 2. The Balaban J connectivity index is 1.31. The Morgan fingerprint density at radius 3 is 2.21 bits per heavy atom. The summed E-state index contributed by atoms with van der Waals surface area (Å²) in [4.78, 5) is 14.2. The van der Waals surface area contributed by atoms with Crippen molar-refractivity contribution < 1.29 is 4.74 Å². The Kier molecular flexibility index (Phi) is 6.26. The van der Waals surface area contributed by atoms with Crippen LogP contribution in [0, 0.1) is 0 Å². The van der Waals surface area contributed by atoms with E-state index in [0.29, 0.717) is 17.6 Å². The molecule has 0 aliphatic carbocycles. The molecule has 1 saturated heterocycles. The van der Waals surface area contributed by atoms with E-state index in [1.165, 1.54) is 24.0 Å². The average molecular weight is 461 g/mol. The summed E-state index contributed by atoms with van der Waals surface area (Å²) < 4.78 is 5.22. The number of aromatic nitrogens is 2. The quantitative estimate of drug-likeness (QED) is 0.533. The Labute approximate surface area is 199 Å². The first-order valence-electron chi connectivity index (χ1n) is 11.3. The van der Waals surface area contributed by atoms with Gasteiger partial charge in [-0.1, -0.05) is 36.4 Å². The lowest BCUT2D eigenvalue weighted by atomic mass is 10.1. The predicted octanol–water partition coefficient (Wildman–Crippen LogP) is 4.09. The fraction of sp³-hybridized carbons (Fsp3) is 0.320. The van der Waals surface area contributed by atoms with Crippen LogP contribution in [0.25, 0.3) is 0 Å². The second kappa shape index (κ2) is 9.62. The number of thiocarbonyl (C=S) groups is 1. The van der Waals surface area contributed by atoms with E-state index < -0.39 is 0 Å². The van der Waals surface area contributed by atoms with Crippen molar-refractivity contribution in [3.8, 4) is 5.75 Å². The first kappa shape index (κ1) is 21.5. The van der Waals surface area contributed by atoms with Gasteiger partial charge in [0.15, 0.2) is 5.11 Å². The number of fused-ring (bicyclic) bond motifs is 1. The zero-order valence-electron chi connectivity index (χ0n) is 18.8. The van der Waals surface area contributed by atoms with Crippen molar-refractivity contribution in [3.63, 3.8) is 0 Å². The largest absolute Gasteiger partial charge is 0.497 e. The van der Waals surface area contributed by atoms with Crippen LogP contribution in [0.5, 0.6) is 5.75 Å². The van der Waals surface area contributed by atoms with Crippen molar-refractivity contribution >= 4 is 34.9 Å². The van der Waals surface area contributed by atoms with Gasteiger partial charge in [0.2, 0.25) is 5.95 Å². The van der Waals surface area contributed by atoms with Crippen LogP contribution in [0.3, 0.4) is 0 Å². The Bertz CT molecular complexity index is 1100. The van der Waals surface area contributed by atoms with Gasteiger partial charge in [-0.15, -0.1) is 0 Å². The van der Waals surface area contributed by atoms with Crippen LogP contribution in [0.15, 0.2) is 54.6 Å². The van der Waals surface area contributed by atoms with E-state index in [0.717, 1.165) is 49.1 Å². The van der Waals surface area contributed by atoms with Crippen LogP contribution in [-0.2, 0) is 19.6 Å². The third-order valence-corrected chi connectivity index (χ3v) is 6.38. The van der Waals surface area contributed by atoms with Crippen molar-refractivity contribution in [1.29, 1.82) is 0 Å². The molecule has 3 heterocycles. The van der Waals surface area contributed by atoms with E-state index >= 15 is 0 Å². The maximum absolute atomic E-state index is 5.54. The van der Waals surface area contributed by atoms with Crippen LogP contribution in [-0.4, -0.2) is 35.3 Å². The molecule has 0 atom stereocenters. The molecular weight excluding hydrogens is 432 g/mol. The highest BCUT2D eigenvalue weighted by atomic mass is 32.1. The maximum Gasteiger partial charge on any atom is 0.232 e. The molecule has 33 heavy (non-hydrogen) atoms. The van der Waals surface area contributed by atoms with Crippen molar-refractivity contribution in [2.75, 3.05) is 35.3 Å². The van der Waals surface area contributed by atoms with E-state index in [4.69, 9.17) is 26.9 Å². The number of rotatable bonds is 6. The average Bonchev–Trinajstić information content (AvgIpc) is 3.53. The molecule has 0 bridgehead atoms. The first-order valence-corrected chi connectivity index (χ1v) is 11.7. The molecule has 7 nitrogen and oxygen atoms in total. The van der Waals surface area contributed by atoms with Gasteiger partial charge in [-0.3, -0.25) is 0 Å². The summed E-state index contributed by atoms with van der Waals surface area (Å²) in [6.45, 7) is 4.36. The van der Waals surface area contributed by atoms with Crippen molar-refractivity contribution in [2.24, 2.45) is 0 Å². The van der Waals surface area contributed by atoms with E-state index in [1.54, 1.807) is 7.11 Å². The number of ether oxygens (including phenoxy) is 1. The minimum Gasteiger partial charge on any atom is -0.497 e. The summed E-state index contributed by atoms with van der Waals surface area (Å²) in [5, 5.41) is 6.95. The van der Waals surface area contributed by atoms with Crippen LogP contribution in [0.2, 0.25) is 0 Å². The van der Waals surface area contributed by atoms with Crippen LogP contribution in [0.4, 0.5) is 17.6 Å². The molecule has 170 valence electrons. The first-order chi connectivity index (χ1) is 16.2. The molecule has 2 aromatic carbocycles. The molecule has 1 fully saturated rings. The number of nitrogens with one attached hydrogen (secondary N) is 2. The van der Waals surface area contributed by atoms with Gasteiger partial charge in [0, 0.05) is 38.8 Å². The lowest BCUT2D eigenvalue weighted by molar-refractivity contribution is 0.414. The normalized spacial score (nSPS) is 14.8. The maximum atomic E-state index is 5.54. The molecule has 2 aliphatic rings. The summed E-state index contributed by atoms with van der Waals surface area (Å²) in [5.74, 6) is 3.23. The second-order valence-electron chi connectivity index (χ2n) is 8.38. The molecule has 0 radical (unpaired) electrons. The molecule has 0 saturated carbocycles. The van der Waals surface area contributed by atoms with Crippen molar-refractivity contribution in [2.45, 2.75) is 32.5 Å². The Morgan fingerprint density at radius 2 is 1.58 bits per heavy atom. The van der Waals surface area contributed by atoms with Gasteiger partial charge in [0.1, 0.15) is 17.4 Å². The molecular formula is C25H28N6OS. The number of hydrogen-bond donors (Lipinski definition) is 2. The van der Waals surface area contributed by atoms with Crippen molar-refractivity contribution in [3.05, 3.63) is 71.3 Å². The standard InChI is InChI=1S/C25H28N6OS/c1-32-21-10-8-18(9-11-21)15-26-25(33)29-24-27-22(30-12-4-5-13-30)14-23(28-24)31-16-19-6-2-3-7-20(19)17-31/h2-3,6-11,14H,4-5,12-13,15-17H2,1H3,(H2,26,27,28,29,33). The number of hydrogen-bond acceptors (Lipinski definition) is 6. The predicted molar refractivity (Wildman–Crippen MR) is 136 cm³/mol. The molecule has 5 rings (SSSR count). The highest BCUT2D eigenvalue weighted by Gasteiger charge is 2.23. The molecule has 8 heteroatoms. The summed E-state index contributed by atoms with van der Waals surface area (Å²) in [6.07, 6.45) is 2.39. The molecule has 3 aromatic rings. The van der Waals surface area contributed by atoms with Gasteiger partial charge in [-0.25, -0.2) is 0 Å². The number of methoxy groups -OCH3 is 1. The smallest absolute Gasteiger partial charge is 0.232 e. The van der Waals surface area contributed by atoms with Gasteiger partial charge in [0.05, 0.1) is 7.11 Å². The summed E-state index contributed by atoms with van der Waals surface area (Å²) >= 11 is 5.54. The van der Waals surface area contributed by atoms with Gasteiger partial charge in [0.25, 0.3) is 0 Å². The summed E-state index contributed by atoms with van der Waals surface area (Å²) in [7, 11) is 1.66. The lowest BCUT2D eigenvalue weighted by Gasteiger charge is -2.22. The van der Waals surface area contributed by atoms with Crippen LogP contribution >= 0.6 is 12.2 Å². The topological polar surface area (TPSA) is 65.6 Å². The van der Waals surface area contributed by atoms with E-state index in [-0.39, 0.29) is 0 Å². The van der Waals surface area contributed by atoms with Crippen molar-refractivity contribution in [1.82, 2.24) is 15.3 Å². The van der Waals surface area contributed by atoms with Crippen LogP contribution < -0.4 is 25.2 Å². The van der Waals surface area contributed by atoms with Gasteiger partial charge in [-0.05, 0) is 53.9 Å². The van der Waals surface area contributed by atoms with Gasteiger partial charge >= 0.3 is 0 Å². The SMILES string of the molecule is COc1ccc(CNC(=S)Nc2nc(N3CCCC3)cc(N3Cc4ccccc4C3)n2)cc1. The number of nitrogens with zero attached hydrogens (tertiary/aromatic N) is 4. The third-order valence-electron chi connectivity index (χ3n) is 6.13. The number of anilines is 3. The monoisotopic (exact) mass is 460 g/mol. The zero-order valence-corrected chi connectivity index (χ0v) is 19.6. The fourth-order valence-corrected chi connectivity index (χ4v) is 4.48. The van der Waals surface area contributed by atoms with Gasteiger partial charge in [-0.2, -0.15) is 9.97 Å². The summed E-state index contributed by atoms with van der Waals surface area (Å²) in [5.41, 5.74) is 3.82. The van der Waals surface area contributed by atoms with Gasteiger partial charge < -0.3 is 25.2 Å². The Morgan fingerprint density at radius 1 is 0.939 bits per heavy atom. The molecule has 0 unspecified atom stereocenters. The van der Waals surface area contributed by atoms with E-state index in [2.05, 4.69) is 50.8 Å². The minimum absolute atomic E-state index is 0.500. The highest BCUT2D eigenvalue weighted by molar-refractivity contribution is 7.80. The third kappa shape index (κ3) is 5.01. The van der Waals surface area contributed by atoms with Crippen LogP contribution in [0.1, 0.15) is 29.5 Å². The highest BCUT2D eigenvalue weighted by Crippen LogP contribution is 2.30. The minimum atomic E-state index is 0.500. The van der Waals surface area contributed by atoms with E-state index in [1.807, 2.05) is 24.3 Å². The molecule has 2 aliphatic heterocycles. The molecule has 1 aromatic heterocycles. The second-order valence-corrected chi connectivity index (χ2v) is 8.79. The lowest BCUT2D eigenvalue weighted by Crippen LogP contribution is -2.30. The fourth-order valence-electron chi connectivity index (χ4n) is 4.31. The molecule has 2 N–H and O–H groups in total. The molecule has 0 amide bonds.